The number of carbonyl (C=O) groups is 2. The minimum Gasteiger partial charge on any atom is -0.508 e. The van der Waals surface area contributed by atoms with Crippen molar-refractivity contribution in [3.63, 3.8) is 0 Å². The van der Waals surface area contributed by atoms with E-state index in [0.29, 0.717) is 18.7 Å². The van der Waals surface area contributed by atoms with Gasteiger partial charge in [0.25, 0.3) is 0 Å². The number of fused-ring (bicyclic) bond motifs is 1. The monoisotopic (exact) mass is 446 g/mol. The maximum atomic E-state index is 12.0. The molecule has 0 saturated carbocycles. The highest BCUT2D eigenvalue weighted by molar-refractivity contribution is 6.00. The molecule has 3 aromatic carbocycles. The average molecular weight is 447 g/mol. The molecule has 3 aromatic rings. The smallest absolute Gasteiger partial charge is 0.305 e. The van der Waals surface area contributed by atoms with Gasteiger partial charge in [-0.1, -0.05) is 60.2 Å². The number of phenolic OH excluding ortho intramolecular Hbond substituents is 1. The quantitative estimate of drug-likeness (QED) is 0.533. The van der Waals surface area contributed by atoms with Crippen LogP contribution in [-0.4, -0.2) is 34.7 Å². The van der Waals surface area contributed by atoms with Gasteiger partial charge in [0.1, 0.15) is 5.75 Å². The zero-order valence-electron chi connectivity index (χ0n) is 18.8. The Morgan fingerprint density at radius 3 is 2.24 bits per heavy atom. The maximum absolute atomic E-state index is 12.0. The maximum Gasteiger partial charge on any atom is 0.305 e. The fourth-order valence-corrected chi connectivity index (χ4v) is 3.78. The molecule has 0 saturated heterocycles. The van der Waals surface area contributed by atoms with E-state index in [0.717, 1.165) is 18.4 Å². The molecule has 1 unspecified atom stereocenters. The number of hydrogen-bond donors (Lipinski definition) is 3. The molecule has 1 amide bonds. The van der Waals surface area contributed by atoms with Gasteiger partial charge in [-0.25, -0.2) is 0 Å². The molecule has 0 fully saturated rings. The summed E-state index contributed by atoms with van der Waals surface area (Å²) in [7, 11) is 0. The topological polar surface area (TPSA) is 104 Å². The van der Waals surface area contributed by atoms with Gasteiger partial charge in [-0.2, -0.15) is 0 Å². The molecule has 0 aromatic heterocycles. The molecule has 6 nitrogen and oxygen atoms in total. The van der Waals surface area contributed by atoms with Gasteiger partial charge in [0.15, 0.2) is 0 Å². The number of nitrogens with two attached hydrogens (primary N) is 1. The van der Waals surface area contributed by atoms with Gasteiger partial charge >= 0.3 is 5.97 Å². The lowest BCUT2D eigenvalue weighted by atomic mass is 10.0. The van der Waals surface area contributed by atoms with E-state index in [1.165, 1.54) is 27.7 Å². The van der Waals surface area contributed by atoms with Crippen LogP contribution in [0.1, 0.15) is 28.7 Å². The number of anilines is 1. The Labute approximate surface area is 194 Å². The Balaban J connectivity index is 0.000000189. The summed E-state index contributed by atoms with van der Waals surface area (Å²) in [4.78, 5) is 24.0. The van der Waals surface area contributed by atoms with Crippen LogP contribution in [0.5, 0.6) is 5.75 Å². The summed E-state index contributed by atoms with van der Waals surface area (Å²) >= 11 is 0. The van der Waals surface area contributed by atoms with E-state index < -0.39 is 17.9 Å². The van der Waals surface area contributed by atoms with Crippen LogP contribution in [0.15, 0.2) is 72.8 Å². The van der Waals surface area contributed by atoms with Crippen LogP contribution in [0.3, 0.4) is 0 Å². The molecule has 0 radical (unpaired) electrons. The molecule has 4 N–H and O–H groups in total. The van der Waals surface area contributed by atoms with Crippen molar-refractivity contribution in [2.45, 2.75) is 38.6 Å². The van der Waals surface area contributed by atoms with Crippen LogP contribution in [0.2, 0.25) is 0 Å². The second-order valence-corrected chi connectivity index (χ2v) is 8.23. The van der Waals surface area contributed by atoms with Gasteiger partial charge < -0.3 is 20.8 Å². The van der Waals surface area contributed by atoms with Crippen molar-refractivity contribution in [1.29, 1.82) is 0 Å². The highest BCUT2D eigenvalue weighted by Gasteiger charge is 2.29. The van der Waals surface area contributed by atoms with Crippen molar-refractivity contribution in [1.82, 2.24) is 0 Å². The number of aromatic hydroxyl groups is 1. The number of aryl methyl sites for hydroxylation is 3. The first-order valence-electron chi connectivity index (χ1n) is 11.0. The molecule has 0 spiro atoms. The molecule has 0 aliphatic carbocycles. The van der Waals surface area contributed by atoms with Crippen LogP contribution in [0.4, 0.5) is 5.69 Å². The zero-order valence-corrected chi connectivity index (χ0v) is 18.8. The Bertz CT molecular complexity index is 1080. The molecular formula is C27H30N2O4. The standard InChI is InChI=1S/C15H16.C12H14N2O4/c1-13-7-9-15(10-8-13)12-11-14-5-3-2-4-6-14;13-9(6-11(16)17)12(18)14-4-3-7-5-8(15)1-2-10(7)14/h2-10H,11-12H2,1H3;1-2,5,9,15H,3-4,6,13H2,(H,16,17). The molecule has 0 bridgehead atoms. The molecule has 1 aliphatic heterocycles. The summed E-state index contributed by atoms with van der Waals surface area (Å²) in [6.07, 6.45) is 2.51. The summed E-state index contributed by atoms with van der Waals surface area (Å²) in [6.45, 7) is 2.59. The number of amides is 1. The molecular weight excluding hydrogens is 416 g/mol. The lowest BCUT2D eigenvalue weighted by Gasteiger charge is -2.20. The summed E-state index contributed by atoms with van der Waals surface area (Å²) in [6, 6.07) is 23.1. The van der Waals surface area contributed by atoms with E-state index in [1.807, 2.05) is 0 Å². The normalized spacial score (nSPS) is 13.0. The number of hydrogen-bond acceptors (Lipinski definition) is 4. The van der Waals surface area contributed by atoms with Gasteiger partial charge in [-0.3, -0.25) is 9.59 Å². The lowest BCUT2D eigenvalue weighted by Crippen LogP contribution is -2.44. The number of carboxylic acids is 1. The van der Waals surface area contributed by atoms with E-state index in [2.05, 4.69) is 61.5 Å². The van der Waals surface area contributed by atoms with E-state index in [9.17, 15) is 14.7 Å². The van der Waals surface area contributed by atoms with E-state index in [-0.39, 0.29) is 12.2 Å². The number of aliphatic carboxylic acids is 1. The number of benzene rings is 3. The van der Waals surface area contributed by atoms with Gasteiger partial charge in [-0.15, -0.1) is 0 Å². The predicted octanol–water partition coefficient (Wildman–Crippen LogP) is 3.86. The first-order valence-corrected chi connectivity index (χ1v) is 11.0. The van der Waals surface area contributed by atoms with Crippen LogP contribution in [-0.2, 0) is 28.9 Å². The Kier molecular flexibility index (Phi) is 8.22. The molecule has 33 heavy (non-hydrogen) atoms. The highest BCUT2D eigenvalue weighted by atomic mass is 16.4. The predicted molar refractivity (Wildman–Crippen MR) is 129 cm³/mol. The first kappa shape index (κ1) is 24.0. The van der Waals surface area contributed by atoms with Crippen molar-refractivity contribution < 1.29 is 19.8 Å². The largest absolute Gasteiger partial charge is 0.508 e. The third-order valence-electron chi connectivity index (χ3n) is 5.60. The molecule has 1 heterocycles. The van der Waals surface area contributed by atoms with Gasteiger partial charge in [0.2, 0.25) is 5.91 Å². The van der Waals surface area contributed by atoms with Gasteiger partial charge in [0.05, 0.1) is 12.5 Å². The minimum absolute atomic E-state index is 0.151. The van der Waals surface area contributed by atoms with Gasteiger partial charge in [0, 0.05) is 12.2 Å². The molecule has 1 atom stereocenters. The van der Waals surface area contributed by atoms with Gasteiger partial charge in [-0.05, 0) is 61.1 Å². The fourth-order valence-electron chi connectivity index (χ4n) is 3.78. The van der Waals surface area contributed by atoms with Crippen LogP contribution in [0, 0.1) is 6.92 Å². The van der Waals surface area contributed by atoms with Crippen molar-refractivity contribution in [3.8, 4) is 5.75 Å². The number of carboxylic acid groups (broad SMARTS) is 1. The number of phenols is 1. The second kappa shape index (κ2) is 11.3. The van der Waals surface area contributed by atoms with E-state index >= 15 is 0 Å². The summed E-state index contributed by atoms with van der Waals surface area (Å²) in [5, 5.41) is 18.0. The second-order valence-electron chi connectivity index (χ2n) is 8.23. The average Bonchev–Trinajstić information content (AvgIpc) is 3.22. The molecule has 4 rings (SSSR count). The van der Waals surface area contributed by atoms with Crippen LogP contribution < -0.4 is 10.6 Å². The molecule has 1 aliphatic rings. The van der Waals surface area contributed by atoms with Crippen molar-refractivity contribution in [2.24, 2.45) is 5.73 Å². The third-order valence-corrected chi connectivity index (χ3v) is 5.60. The Morgan fingerprint density at radius 2 is 1.61 bits per heavy atom. The van der Waals surface area contributed by atoms with Crippen molar-refractivity contribution in [3.05, 3.63) is 95.1 Å². The van der Waals surface area contributed by atoms with Crippen molar-refractivity contribution in [2.75, 3.05) is 11.4 Å². The summed E-state index contributed by atoms with van der Waals surface area (Å²) in [5.41, 5.74) is 11.3. The number of carbonyl (C=O) groups excluding carboxylic acids is 1. The SMILES string of the molecule is Cc1ccc(CCc2ccccc2)cc1.NC(CC(=O)O)C(=O)N1CCc2cc(O)ccc21. The number of rotatable bonds is 6. The molecule has 172 valence electrons. The lowest BCUT2D eigenvalue weighted by molar-refractivity contribution is -0.139. The minimum atomic E-state index is -1.10. The highest BCUT2D eigenvalue weighted by Crippen LogP contribution is 2.31. The fraction of sp³-hybridized carbons (Fsp3) is 0.259. The number of nitrogens with zero attached hydrogens (tertiary/aromatic N) is 1. The van der Waals surface area contributed by atoms with E-state index in [4.69, 9.17) is 10.8 Å². The van der Waals surface area contributed by atoms with Crippen molar-refractivity contribution >= 4 is 17.6 Å². The third kappa shape index (κ3) is 6.92. The summed E-state index contributed by atoms with van der Waals surface area (Å²) < 4.78 is 0. The Morgan fingerprint density at radius 1 is 0.970 bits per heavy atom. The van der Waals surface area contributed by atoms with E-state index in [1.54, 1.807) is 12.1 Å². The Hall–Kier alpha value is -3.64. The first-order chi connectivity index (χ1) is 15.8. The molecule has 6 heteroatoms. The summed E-state index contributed by atoms with van der Waals surface area (Å²) in [5.74, 6) is -1.35. The van der Waals surface area contributed by atoms with Crippen LogP contribution >= 0.6 is 0 Å². The zero-order chi connectivity index (χ0) is 23.8. The van der Waals surface area contributed by atoms with Crippen LogP contribution in [0.25, 0.3) is 0 Å².